The first-order chi connectivity index (χ1) is 5.75. The summed E-state index contributed by atoms with van der Waals surface area (Å²) in [6.07, 6.45) is 5.42. The third-order valence-corrected chi connectivity index (χ3v) is 2.66. The number of anilines is 1. The molecule has 0 aliphatic carbocycles. The molecule has 0 spiro atoms. The fourth-order valence-electron chi connectivity index (χ4n) is 0.806. The molecular weight excluding hydrogens is 287 g/mol. The first kappa shape index (κ1) is 7.99. The van der Waals surface area contributed by atoms with Crippen LogP contribution >= 0.6 is 33.9 Å². The number of hydrogen-bond acceptors (Lipinski definition) is 4. The average molecular weight is 292 g/mol. The zero-order chi connectivity index (χ0) is 8.55. The molecular formula is C6H5IN4S. The SMILES string of the molecule is Nc1ncc(-n2cc(I)cn2)s1. The van der Waals surface area contributed by atoms with E-state index >= 15 is 0 Å². The summed E-state index contributed by atoms with van der Waals surface area (Å²) in [5.74, 6) is 0. The van der Waals surface area contributed by atoms with E-state index in [9.17, 15) is 0 Å². The van der Waals surface area contributed by atoms with Gasteiger partial charge < -0.3 is 5.73 Å². The number of thiazole rings is 1. The first-order valence-electron chi connectivity index (χ1n) is 3.17. The zero-order valence-electron chi connectivity index (χ0n) is 5.94. The number of hydrogen-bond donors (Lipinski definition) is 1. The highest BCUT2D eigenvalue weighted by atomic mass is 127. The Kier molecular flexibility index (Phi) is 2.01. The van der Waals surface area contributed by atoms with Crippen LogP contribution in [0.15, 0.2) is 18.6 Å². The lowest BCUT2D eigenvalue weighted by Crippen LogP contribution is -1.88. The second kappa shape index (κ2) is 3.02. The zero-order valence-corrected chi connectivity index (χ0v) is 8.91. The molecule has 62 valence electrons. The Bertz CT molecular complexity index is 355. The number of rotatable bonds is 1. The smallest absolute Gasteiger partial charge is 0.182 e. The summed E-state index contributed by atoms with van der Waals surface area (Å²) in [5, 5.41) is 5.63. The molecule has 0 unspecified atom stereocenters. The highest BCUT2D eigenvalue weighted by Gasteiger charge is 2.01. The normalized spacial score (nSPS) is 10.4. The van der Waals surface area contributed by atoms with Crippen LogP contribution in [-0.2, 0) is 0 Å². The maximum atomic E-state index is 5.49. The van der Waals surface area contributed by atoms with Crippen molar-refractivity contribution in [3.05, 3.63) is 22.2 Å². The van der Waals surface area contributed by atoms with Crippen LogP contribution in [0.1, 0.15) is 0 Å². The molecule has 0 aromatic carbocycles. The van der Waals surface area contributed by atoms with Gasteiger partial charge >= 0.3 is 0 Å². The maximum Gasteiger partial charge on any atom is 0.182 e. The first-order valence-corrected chi connectivity index (χ1v) is 5.07. The molecule has 0 atom stereocenters. The van der Waals surface area contributed by atoms with Crippen molar-refractivity contribution in [3.63, 3.8) is 0 Å². The van der Waals surface area contributed by atoms with Gasteiger partial charge in [-0.1, -0.05) is 11.3 Å². The van der Waals surface area contributed by atoms with Gasteiger partial charge in [-0.3, -0.25) is 0 Å². The lowest BCUT2D eigenvalue weighted by atomic mass is 10.7. The van der Waals surface area contributed by atoms with E-state index in [1.165, 1.54) is 11.3 Å². The van der Waals surface area contributed by atoms with Crippen LogP contribution in [0.4, 0.5) is 5.13 Å². The van der Waals surface area contributed by atoms with Crippen LogP contribution in [0.5, 0.6) is 0 Å². The Hall–Kier alpha value is -0.630. The van der Waals surface area contributed by atoms with Crippen LogP contribution in [0, 0.1) is 3.57 Å². The van der Waals surface area contributed by atoms with E-state index in [2.05, 4.69) is 32.7 Å². The van der Waals surface area contributed by atoms with Gasteiger partial charge in [0.05, 0.1) is 16.0 Å². The van der Waals surface area contributed by atoms with Gasteiger partial charge in [0.1, 0.15) is 5.00 Å². The third-order valence-electron chi connectivity index (χ3n) is 1.29. The summed E-state index contributed by atoms with van der Waals surface area (Å²) >= 11 is 3.62. The van der Waals surface area contributed by atoms with Crippen molar-refractivity contribution < 1.29 is 0 Å². The number of nitrogen functional groups attached to an aromatic ring is 1. The second-order valence-electron chi connectivity index (χ2n) is 2.14. The lowest BCUT2D eigenvalue weighted by Gasteiger charge is -1.90. The Morgan fingerprint density at radius 3 is 2.83 bits per heavy atom. The van der Waals surface area contributed by atoms with Crippen LogP contribution < -0.4 is 5.73 Å². The molecule has 6 heteroatoms. The summed E-state index contributed by atoms with van der Waals surface area (Å²) in [6.45, 7) is 0. The van der Waals surface area contributed by atoms with Gasteiger partial charge in [0.15, 0.2) is 5.13 Å². The lowest BCUT2D eigenvalue weighted by molar-refractivity contribution is 0.894. The van der Waals surface area contributed by atoms with E-state index in [0.29, 0.717) is 5.13 Å². The molecule has 0 amide bonds. The van der Waals surface area contributed by atoms with Gasteiger partial charge in [0.2, 0.25) is 0 Å². The topological polar surface area (TPSA) is 56.7 Å². The van der Waals surface area contributed by atoms with Gasteiger partial charge in [-0.05, 0) is 22.6 Å². The molecule has 2 heterocycles. The molecule has 0 radical (unpaired) electrons. The number of nitrogens with zero attached hydrogens (tertiary/aromatic N) is 3. The molecule has 0 aliphatic rings. The van der Waals surface area contributed by atoms with Gasteiger partial charge in [0, 0.05) is 6.20 Å². The van der Waals surface area contributed by atoms with Crippen molar-refractivity contribution in [2.75, 3.05) is 5.73 Å². The van der Waals surface area contributed by atoms with E-state index < -0.39 is 0 Å². The Balaban J connectivity index is 2.43. The summed E-state index contributed by atoms with van der Waals surface area (Å²) < 4.78 is 2.86. The van der Waals surface area contributed by atoms with Crippen molar-refractivity contribution >= 4 is 39.1 Å². The Labute approximate surface area is 86.6 Å². The van der Waals surface area contributed by atoms with Crippen molar-refractivity contribution in [1.82, 2.24) is 14.8 Å². The fraction of sp³-hybridized carbons (Fsp3) is 0. The van der Waals surface area contributed by atoms with E-state index in [4.69, 9.17) is 5.73 Å². The van der Waals surface area contributed by atoms with Crippen molar-refractivity contribution in [1.29, 1.82) is 0 Å². The van der Waals surface area contributed by atoms with Crippen molar-refractivity contribution in [3.8, 4) is 5.00 Å². The molecule has 4 nitrogen and oxygen atoms in total. The molecule has 0 bridgehead atoms. The molecule has 0 fully saturated rings. The molecule has 2 aromatic rings. The highest BCUT2D eigenvalue weighted by Crippen LogP contribution is 2.18. The summed E-state index contributed by atoms with van der Waals surface area (Å²) in [5.41, 5.74) is 5.49. The summed E-state index contributed by atoms with van der Waals surface area (Å²) in [7, 11) is 0. The van der Waals surface area contributed by atoms with E-state index in [1.54, 1.807) is 17.1 Å². The van der Waals surface area contributed by atoms with E-state index in [0.717, 1.165) is 8.57 Å². The van der Waals surface area contributed by atoms with Gasteiger partial charge in [-0.15, -0.1) is 0 Å². The molecule has 0 saturated heterocycles. The number of halogens is 1. The number of aromatic nitrogens is 3. The van der Waals surface area contributed by atoms with Crippen LogP contribution in [0.25, 0.3) is 5.00 Å². The van der Waals surface area contributed by atoms with Crippen molar-refractivity contribution in [2.24, 2.45) is 0 Å². The van der Waals surface area contributed by atoms with Crippen LogP contribution in [0.3, 0.4) is 0 Å². The van der Waals surface area contributed by atoms with Crippen LogP contribution in [0.2, 0.25) is 0 Å². The molecule has 2 N–H and O–H groups in total. The second-order valence-corrected chi connectivity index (χ2v) is 4.43. The molecule has 12 heavy (non-hydrogen) atoms. The number of nitrogens with two attached hydrogens (primary N) is 1. The van der Waals surface area contributed by atoms with Crippen molar-refractivity contribution in [2.45, 2.75) is 0 Å². The maximum absolute atomic E-state index is 5.49. The third kappa shape index (κ3) is 1.44. The van der Waals surface area contributed by atoms with Gasteiger partial charge in [0.25, 0.3) is 0 Å². The molecule has 2 rings (SSSR count). The fourth-order valence-corrected chi connectivity index (χ4v) is 1.81. The van der Waals surface area contributed by atoms with Crippen LogP contribution in [-0.4, -0.2) is 14.8 Å². The Morgan fingerprint density at radius 2 is 2.33 bits per heavy atom. The molecule has 2 aromatic heterocycles. The average Bonchev–Trinajstić information content (AvgIpc) is 2.58. The molecule has 0 saturated carbocycles. The largest absolute Gasteiger partial charge is 0.375 e. The van der Waals surface area contributed by atoms with Gasteiger partial charge in [-0.2, -0.15) is 5.10 Å². The minimum atomic E-state index is 0.565. The predicted molar refractivity (Wildman–Crippen MR) is 56.4 cm³/mol. The highest BCUT2D eigenvalue weighted by molar-refractivity contribution is 14.1. The minimum absolute atomic E-state index is 0.565. The standard InChI is InChI=1S/C6H5IN4S/c7-4-1-10-11(3-4)5-2-9-6(8)12-5/h1-3H,(H2,8,9). The summed E-state index contributed by atoms with van der Waals surface area (Å²) in [4.78, 5) is 3.94. The Morgan fingerprint density at radius 1 is 1.50 bits per heavy atom. The van der Waals surface area contributed by atoms with E-state index in [1.807, 2.05) is 6.20 Å². The monoisotopic (exact) mass is 292 g/mol. The quantitative estimate of drug-likeness (QED) is 0.811. The summed E-state index contributed by atoms with van der Waals surface area (Å²) in [6, 6.07) is 0. The minimum Gasteiger partial charge on any atom is -0.375 e. The van der Waals surface area contributed by atoms with E-state index in [-0.39, 0.29) is 0 Å². The molecule has 0 aliphatic heterocycles. The predicted octanol–water partition coefficient (Wildman–Crippen LogP) is 1.52. The van der Waals surface area contributed by atoms with Gasteiger partial charge in [-0.25, -0.2) is 9.67 Å².